The molecule has 1 aromatic carbocycles. The smallest absolute Gasteiger partial charge is 0.123 e. The summed E-state index contributed by atoms with van der Waals surface area (Å²) in [6.07, 6.45) is 3.41. The fraction of sp³-hybridized carbons (Fsp3) is 0.538. The minimum Gasteiger partial charge on any atom is -0.395 e. The Bertz CT molecular complexity index is 342. The summed E-state index contributed by atoms with van der Waals surface area (Å²) in [4.78, 5) is 2.25. The van der Waals surface area contributed by atoms with Gasteiger partial charge in [-0.15, -0.1) is 0 Å². The van der Waals surface area contributed by atoms with Crippen LogP contribution < -0.4 is 0 Å². The highest BCUT2D eigenvalue weighted by atomic mass is 19.1. The molecule has 1 aliphatic heterocycles. The molecule has 0 saturated carbocycles. The number of piperidine rings is 1. The molecule has 2 nitrogen and oxygen atoms in total. The van der Waals surface area contributed by atoms with Gasteiger partial charge in [-0.2, -0.15) is 0 Å². The molecule has 1 aromatic rings. The quantitative estimate of drug-likeness (QED) is 0.849. The second-order valence-corrected chi connectivity index (χ2v) is 4.43. The van der Waals surface area contributed by atoms with Crippen molar-refractivity contribution in [2.75, 3.05) is 13.2 Å². The Hall–Kier alpha value is -0.930. The van der Waals surface area contributed by atoms with Gasteiger partial charge in [0.05, 0.1) is 6.61 Å². The zero-order valence-electron chi connectivity index (χ0n) is 9.40. The predicted octanol–water partition coefficient (Wildman–Crippen LogP) is 2.17. The van der Waals surface area contributed by atoms with Crippen molar-refractivity contribution < 1.29 is 9.50 Å². The van der Waals surface area contributed by atoms with Gasteiger partial charge in [0.2, 0.25) is 0 Å². The maximum absolute atomic E-state index is 13.0. The molecular formula is C13H18FNO. The third-order valence-electron chi connectivity index (χ3n) is 3.23. The van der Waals surface area contributed by atoms with Gasteiger partial charge in [0, 0.05) is 12.6 Å². The van der Waals surface area contributed by atoms with Crippen molar-refractivity contribution in [1.29, 1.82) is 0 Å². The summed E-state index contributed by atoms with van der Waals surface area (Å²) in [5.41, 5.74) is 0.986. The molecule has 88 valence electrons. The molecular weight excluding hydrogens is 205 g/mol. The Labute approximate surface area is 95.7 Å². The van der Waals surface area contributed by atoms with E-state index in [-0.39, 0.29) is 18.5 Å². The highest BCUT2D eigenvalue weighted by Gasteiger charge is 2.21. The summed E-state index contributed by atoms with van der Waals surface area (Å²) in [5.74, 6) is -0.185. The Morgan fingerprint density at radius 1 is 1.38 bits per heavy atom. The van der Waals surface area contributed by atoms with Crippen molar-refractivity contribution >= 4 is 0 Å². The first-order valence-corrected chi connectivity index (χ1v) is 5.89. The molecule has 3 heteroatoms. The first kappa shape index (κ1) is 11.6. The van der Waals surface area contributed by atoms with Crippen LogP contribution in [0.2, 0.25) is 0 Å². The molecule has 0 aliphatic carbocycles. The third kappa shape index (κ3) is 2.80. The van der Waals surface area contributed by atoms with Crippen molar-refractivity contribution in [2.45, 2.75) is 31.8 Å². The van der Waals surface area contributed by atoms with E-state index in [2.05, 4.69) is 4.90 Å². The lowest BCUT2D eigenvalue weighted by Gasteiger charge is -2.34. The number of nitrogens with zero attached hydrogens (tertiary/aromatic N) is 1. The van der Waals surface area contributed by atoms with Gasteiger partial charge >= 0.3 is 0 Å². The average molecular weight is 223 g/mol. The van der Waals surface area contributed by atoms with Crippen LogP contribution in [-0.4, -0.2) is 29.2 Å². The predicted molar refractivity (Wildman–Crippen MR) is 61.5 cm³/mol. The molecule has 1 heterocycles. The van der Waals surface area contributed by atoms with E-state index in [1.807, 2.05) is 6.07 Å². The summed E-state index contributed by atoms with van der Waals surface area (Å²) in [5, 5.41) is 9.28. The topological polar surface area (TPSA) is 23.5 Å². The van der Waals surface area contributed by atoms with Crippen LogP contribution in [0.15, 0.2) is 24.3 Å². The van der Waals surface area contributed by atoms with Crippen molar-refractivity contribution in [3.63, 3.8) is 0 Å². The summed E-state index contributed by atoms with van der Waals surface area (Å²) in [7, 11) is 0. The number of benzene rings is 1. The van der Waals surface area contributed by atoms with E-state index in [4.69, 9.17) is 0 Å². The van der Waals surface area contributed by atoms with E-state index in [0.717, 1.165) is 25.1 Å². The monoisotopic (exact) mass is 223 g/mol. The van der Waals surface area contributed by atoms with Crippen LogP contribution in [0.25, 0.3) is 0 Å². The van der Waals surface area contributed by atoms with Crippen LogP contribution >= 0.6 is 0 Å². The molecule has 2 rings (SSSR count). The number of hydrogen-bond acceptors (Lipinski definition) is 2. The second-order valence-electron chi connectivity index (χ2n) is 4.43. The number of aliphatic hydroxyl groups excluding tert-OH is 1. The Kier molecular flexibility index (Phi) is 3.91. The van der Waals surface area contributed by atoms with Gasteiger partial charge in [-0.25, -0.2) is 4.39 Å². The van der Waals surface area contributed by atoms with Crippen LogP contribution in [-0.2, 0) is 6.54 Å². The summed E-state index contributed by atoms with van der Waals surface area (Å²) in [6.45, 7) is 1.94. The normalized spacial score (nSPS) is 22.2. The van der Waals surface area contributed by atoms with Gasteiger partial charge in [0.15, 0.2) is 0 Å². The Morgan fingerprint density at radius 3 is 3.00 bits per heavy atom. The summed E-state index contributed by atoms with van der Waals surface area (Å²) < 4.78 is 13.0. The fourth-order valence-electron chi connectivity index (χ4n) is 2.34. The lowest BCUT2D eigenvalue weighted by atomic mass is 10.0. The van der Waals surface area contributed by atoms with Gasteiger partial charge in [-0.05, 0) is 37.1 Å². The van der Waals surface area contributed by atoms with Crippen LogP contribution in [0.5, 0.6) is 0 Å². The van der Waals surface area contributed by atoms with Crippen molar-refractivity contribution in [1.82, 2.24) is 4.90 Å². The first-order valence-electron chi connectivity index (χ1n) is 5.89. The zero-order valence-corrected chi connectivity index (χ0v) is 9.40. The SMILES string of the molecule is OC[C@@H]1CCCCN1Cc1cccc(F)c1. The lowest BCUT2D eigenvalue weighted by Crippen LogP contribution is -2.41. The van der Waals surface area contributed by atoms with Gasteiger partial charge < -0.3 is 5.11 Å². The number of hydrogen-bond donors (Lipinski definition) is 1. The van der Waals surface area contributed by atoms with E-state index in [9.17, 15) is 9.50 Å². The fourth-order valence-corrected chi connectivity index (χ4v) is 2.34. The Balaban J connectivity index is 2.02. The molecule has 0 unspecified atom stereocenters. The van der Waals surface area contributed by atoms with Crippen molar-refractivity contribution in [3.05, 3.63) is 35.6 Å². The van der Waals surface area contributed by atoms with Crippen LogP contribution in [0.3, 0.4) is 0 Å². The molecule has 1 N–H and O–H groups in total. The molecule has 0 radical (unpaired) electrons. The highest BCUT2D eigenvalue weighted by molar-refractivity contribution is 5.16. The summed E-state index contributed by atoms with van der Waals surface area (Å²) in [6, 6.07) is 6.96. The number of halogens is 1. The van der Waals surface area contributed by atoms with Gasteiger partial charge in [-0.3, -0.25) is 4.90 Å². The van der Waals surface area contributed by atoms with Crippen LogP contribution in [0.1, 0.15) is 24.8 Å². The minimum absolute atomic E-state index is 0.185. The van der Waals surface area contributed by atoms with E-state index >= 15 is 0 Å². The van der Waals surface area contributed by atoms with E-state index in [1.165, 1.54) is 18.9 Å². The molecule has 0 aromatic heterocycles. The van der Waals surface area contributed by atoms with Crippen LogP contribution in [0, 0.1) is 5.82 Å². The number of likely N-dealkylation sites (tertiary alicyclic amines) is 1. The lowest BCUT2D eigenvalue weighted by molar-refractivity contribution is 0.0840. The molecule has 16 heavy (non-hydrogen) atoms. The van der Waals surface area contributed by atoms with Crippen molar-refractivity contribution in [3.8, 4) is 0 Å². The third-order valence-corrected chi connectivity index (χ3v) is 3.23. The Morgan fingerprint density at radius 2 is 2.25 bits per heavy atom. The van der Waals surface area contributed by atoms with E-state index < -0.39 is 0 Å². The molecule has 0 spiro atoms. The van der Waals surface area contributed by atoms with Crippen LogP contribution in [0.4, 0.5) is 4.39 Å². The zero-order chi connectivity index (χ0) is 11.4. The van der Waals surface area contributed by atoms with Gasteiger partial charge in [0.25, 0.3) is 0 Å². The van der Waals surface area contributed by atoms with Gasteiger partial charge in [0.1, 0.15) is 5.82 Å². The average Bonchev–Trinajstić information content (AvgIpc) is 2.30. The largest absolute Gasteiger partial charge is 0.395 e. The molecule has 0 amide bonds. The maximum Gasteiger partial charge on any atom is 0.123 e. The molecule has 1 atom stereocenters. The van der Waals surface area contributed by atoms with Gasteiger partial charge in [-0.1, -0.05) is 18.6 Å². The highest BCUT2D eigenvalue weighted by Crippen LogP contribution is 2.19. The first-order chi connectivity index (χ1) is 7.79. The number of rotatable bonds is 3. The molecule has 1 saturated heterocycles. The second kappa shape index (κ2) is 5.41. The summed E-state index contributed by atoms with van der Waals surface area (Å²) >= 11 is 0. The van der Waals surface area contributed by atoms with E-state index in [1.54, 1.807) is 12.1 Å². The van der Waals surface area contributed by atoms with Crippen molar-refractivity contribution in [2.24, 2.45) is 0 Å². The van der Waals surface area contributed by atoms with E-state index in [0.29, 0.717) is 0 Å². The molecule has 1 fully saturated rings. The number of aliphatic hydroxyl groups is 1. The molecule has 0 bridgehead atoms. The minimum atomic E-state index is -0.185. The maximum atomic E-state index is 13.0. The standard InChI is InChI=1S/C13H18FNO/c14-12-5-3-4-11(8-12)9-15-7-2-1-6-13(15)10-16/h3-5,8,13,16H,1-2,6-7,9-10H2/t13-/m0/s1. The molecule has 1 aliphatic rings.